The number of ketones is 1. The van der Waals surface area contributed by atoms with Gasteiger partial charge in [-0.3, -0.25) is 19.1 Å². The number of rotatable bonds is 5. The van der Waals surface area contributed by atoms with Gasteiger partial charge in [0, 0.05) is 30.0 Å². The zero-order valence-electron chi connectivity index (χ0n) is 15.6. The van der Waals surface area contributed by atoms with Gasteiger partial charge in [-0.1, -0.05) is 30.3 Å². The Morgan fingerprint density at radius 1 is 1.31 bits per heavy atom. The molecule has 0 saturated carbocycles. The Morgan fingerprint density at radius 2 is 1.93 bits per heavy atom. The molecule has 2 heterocycles. The molecule has 1 aromatic heterocycles. The minimum absolute atomic E-state index is 0.0972. The molecule has 4 atom stereocenters. The van der Waals surface area contributed by atoms with Crippen LogP contribution in [-0.4, -0.2) is 57.4 Å². The fourth-order valence-electron chi connectivity index (χ4n) is 3.25. The summed E-state index contributed by atoms with van der Waals surface area (Å²) in [6, 6.07) is 7.62. The number of Topliss-reactive ketones (excluding diaryl/α,β-unsaturated/α-hetero) is 1. The normalized spacial score (nSPS) is 25.7. The number of hydrogen-bond donors (Lipinski definition) is 3. The number of hydrogen-bond acceptors (Lipinski definition) is 8. The number of benzene rings is 1. The van der Waals surface area contributed by atoms with Crippen molar-refractivity contribution in [2.75, 3.05) is 6.26 Å². The lowest BCUT2D eigenvalue weighted by atomic mass is 9.98. The number of aliphatic hydroxyl groups is 2. The van der Waals surface area contributed by atoms with Gasteiger partial charge >= 0.3 is 5.69 Å². The quantitative estimate of drug-likeness (QED) is 0.522. The molecule has 0 radical (unpaired) electrons. The van der Waals surface area contributed by atoms with Gasteiger partial charge in [-0.05, 0) is 6.92 Å². The number of carbonyl (C=O) groups is 1. The highest BCUT2D eigenvalue weighted by Crippen LogP contribution is 2.41. The van der Waals surface area contributed by atoms with Crippen molar-refractivity contribution in [3.8, 4) is 0 Å². The molecule has 1 aliphatic heterocycles. The fourth-order valence-corrected chi connectivity index (χ4v) is 4.30. The molecule has 156 valence electrons. The number of H-pyrrole nitrogens is 1. The predicted molar refractivity (Wildman–Crippen MR) is 101 cm³/mol. The number of aromatic amines is 1. The van der Waals surface area contributed by atoms with Crippen LogP contribution in [-0.2, 0) is 14.6 Å². The summed E-state index contributed by atoms with van der Waals surface area (Å²) in [4.78, 5) is 35.7. The Bertz CT molecular complexity index is 1150. The van der Waals surface area contributed by atoms with Crippen LogP contribution in [0.15, 0.2) is 46.1 Å². The third kappa shape index (κ3) is 3.69. The first-order valence-corrected chi connectivity index (χ1v) is 10.5. The molecule has 3 rings (SSSR count). The molecule has 1 fully saturated rings. The molecule has 3 N–H and O–H groups in total. The monoisotopic (exact) mass is 424 g/mol. The number of aryl methyl sites for hydroxylation is 1. The van der Waals surface area contributed by atoms with E-state index in [0.717, 1.165) is 17.0 Å². The minimum Gasteiger partial charge on any atom is -0.382 e. The van der Waals surface area contributed by atoms with Gasteiger partial charge in [0.2, 0.25) is 0 Å². The Labute approximate surface area is 165 Å². The van der Waals surface area contributed by atoms with E-state index in [0.29, 0.717) is 0 Å². The summed E-state index contributed by atoms with van der Waals surface area (Å²) < 4.78 is 31.0. The van der Waals surface area contributed by atoms with Gasteiger partial charge in [-0.25, -0.2) is 13.2 Å². The molecule has 0 amide bonds. The minimum atomic E-state index is -4.25. The fraction of sp³-hybridized carbons (Fsp3) is 0.389. The molecule has 2 aromatic rings. The SMILES string of the molecule is Cc1cn([C@H]2C[C@@](O)(S(C)(=O)=O)[C@@H](C(O)C(=O)c3ccccc3)O2)c(=O)[nH]c1=O. The number of nitrogens with one attached hydrogen (secondary N) is 1. The van der Waals surface area contributed by atoms with Crippen molar-refractivity contribution < 1.29 is 28.2 Å². The first kappa shape index (κ1) is 21.1. The molecular formula is C18H20N2O8S. The molecule has 0 spiro atoms. The highest BCUT2D eigenvalue weighted by molar-refractivity contribution is 7.92. The van der Waals surface area contributed by atoms with Crippen LogP contribution in [0, 0.1) is 6.92 Å². The Morgan fingerprint density at radius 3 is 2.52 bits per heavy atom. The van der Waals surface area contributed by atoms with Crippen molar-refractivity contribution in [3.05, 3.63) is 68.5 Å². The molecule has 1 saturated heterocycles. The molecule has 1 unspecified atom stereocenters. The van der Waals surface area contributed by atoms with E-state index in [1.807, 2.05) is 0 Å². The third-order valence-corrected chi connectivity index (χ3v) is 6.61. The average molecular weight is 424 g/mol. The number of ether oxygens (including phenoxy) is 1. The van der Waals surface area contributed by atoms with Crippen LogP contribution in [0.25, 0.3) is 0 Å². The van der Waals surface area contributed by atoms with Crippen molar-refractivity contribution in [1.82, 2.24) is 9.55 Å². The summed E-state index contributed by atoms with van der Waals surface area (Å²) in [7, 11) is -4.25. The lowest BCUT2D eigenvalue weighted by molar-refractivity contribution is -0.0806. The first-order chi connectivity index (χ1) is 13.5. The Hall–Kier alpha value is -2.60. The predicted octanol–water partition coefficient (Wildman–Crippen LogP) is -0.890. The van der Waals surface area contributed by atoms with E-state index >= 15 is 0 Å². The van der Waals surface area contributed by atoms with E-state index in [4.69, 9.17) is 4.74 Å². The van der Waals surface area contributed by atoms with Crippen LogP contribution < -0.4 is 11.2 Å². The van der Waals surface area contributed by atoms with Crippen LogP contribution in [0.4, 0.5) is 0 Å². The Kier molecular flexibility index (Phi) is 5.34. The second-order valence-electron chi connectivity index (χ2n) is 6.99. The number of carbonyl (C=O) groups excluding carboxylic acids is 1. The van der Waals surface area contributed by atoms with Gasteiger partial charge < -0.3 is 14.9 Å². The second-order valence-corrected chi connectivity index (χ2v) is 9.24. The number of nitrogens with zero attached hydrogens (tertiary/aromatic N) is 1. The summed E-state index contributed by atoms with van der Waals surface area (Å²) in [5, 5.41) is 21.4. The van der Waals surface area contributed by atoms with Crippen molar-refractivity contribution in [1.29, 1.82) is 0 Å². The smallest absolute Gasteiger partial charge is 0.330 e. The second kappa shape index (κ2) is 7.34. The molecule has 11 heteroatoms. The highest BCUT2D eigenvalue weighted by atomic mass is 32.2. The molecule has 0 aliphatic carbocycles. The average Bonchev–Trinajstić information content (AvgIpc) is 3.03. The van der Waals surface area contributed by atoms with E-state index in [-0.39, 0.29) is 11.1 Å². The van der Waals surface area contributed by atoms with Crippen LogP contribution in [0.1, 0.15) is 28.6 Å². The summed E-state index contributed by atoms with van der Waals surface area (Å²) in [6.45, 7) is 1.43. The van der Waals surface area contributed by atoms with Crippen molar-refractivity contribution in [2.45, 2.75) is 36.7 Å². The van der Waals surface area contributed by atoms with E-state index in [1.54, 1.807) is 18.2 Å². The van der Waals surface area contributed by atoms with Crippen LogP contribution >= 0.6 is 0 Å². The maximum absolute atomic E-state index is 12.6. The molecule has 0 bridgehead atoms. The first-order valence-electron chi connectivity index (χ1n) is 8.62. The van der Waals surface area contributed by atoms with E-state index in [2.05, 4.69) is 4.98 Å². The lowest BCUT2D eigenvalue weighted by Gasteiger charge is -2.29. The van der Waals surface area contributed by atoms with Gasteiger partial charge in [-0.15, -0.1) is 0 Å². The summed E-state index contributed by atoms with van der Waals surface area (Å²) in [6.07, 6.45) is -3.92. The Balaban J connectivity index is 2.04. The molecule has 1 aromatic carbocycles. The van der Waals surface area contributed by atoms with Gasteiger partial charge in [0.05, 0.1) is 0 Å². The van der Waals surface area contributed by atoms with Crippen molar-refractivity contribution >= 4 is 15.6 Å². The lowest BCUT2D eigenvalue weighted by Crippen LogP contribution is -2.53. The van der Waals surface area contributed by atoms with Gasteiger partial charge in [-0.2, -0.15) is 0 Å². The van der Waals surface area contributed by atoms with Gasteiger partial charge in [0.1, 0.15) is 18.4 Å². The third-order valence-electron chi connectivity index (χ3n) is 4.93. The molecule has 1 aliphatic rings. The zero-order chi connectivity index (χ0) is 21.6. The maximum atomic E-state index is 12.6. The zero-order valence-corrected chi connectivity index (χ0v) is 16.4. The topological polar surface area (TPSA) is 156 Å². The number of aromatic nitrogens is 2. The van der Waals surface area contributed by atoms with E-state index in [9.17, 15) is 33.0 Å². The van der Waals surface area contributed by atoms with Gasteiger partial charge in [0.25, 0.3) is 5.56 Å². The van der Waals surface area contributed by atoms with Crippen molar-refractivity contribution in [3.63, 3.8) is 0 Å². The molecular weight excluding hydrogens is 404 g/mol. The van der Waals surface area contributed by atoms with Crippen molar-refractivity contribution in [2.24, 2.45) is 0 Å². The van der Waals surface area contributed by atoms with E-state index < -0.39 is 56.7 Å². The summed E-state index contributed by atoms with van der Waals surface area (Å²) in [5.74, 6) is -0.844. The van der Waals surface area contributed by atoms with Gasteiger partial charge in [0.15, 0.2) is 20.6 Å². The number of sulfone groups is 1. The standard InChI is InChI=1S/C18H20N2O8S/c1-10-9-20(17(24)19-16(10)23)12-8-18(25,29(2,26)27)15(28-12)14(22)13(21)11-6-4-3-5-7-11/h3-7,9,12,14-15,22,25H,8H2,1-2H3,(H,19,23,24)/t12-,14?,15-,18-/m1/s1. The maximum Gasteiger partial charge on any atom is 0.330 e. The number of aliphatic hydroxyl groups excluding tert-OH is 1. The summed E-state index contributed by atoms with van der Waals surface area (Å²) in [5.41, 5.74) is -1.26. The highest BCUT2D eigenvalue weighted by Gasteiger charge is 2.59. The summed E-state index contributed by atoms with van der Waals surface area (Å²) >= 11 is 0. The molecule has 29 heavy (non-hydrogen) atoms. The largest absolute Gasteiger partial charge is 0.382 e. The van der Waals surface area contributed by atoms with Crippen LogP contribution in [0.2, 0.25) is 0 Å². The molecule has 10 nitrogen and oxygen atoms in total. The van der Waals surface area contributed by atoms with Crippen LogP contribution in [0.5, 0.6) is 0 Å². The van der Waals surface area contributed by atoms with E-state index in [1.165, 1.54) is 19.1 Å². The van der Waals surface area contributed by atoms with Crippen LogP contribution in [0.3, 0.4) is 0 Å².